The van der Waals surface area contributed by atoms with Crippen LogP contribution >= 0.6 is 0 Å². The molecule has 0 aromatic rings. The van der Waals surface area contributed by atoms with Crippen LogP contribution in [0.2, 0.25) is 0 Å². The molecular weight excluding hydrogens is 1150 g/mol. The lowest BCUT2D eigenvalue weighted by atomic mass is 9.88. The second kappa shape index (κ2) is 29.4. The number of aliphatic carboxylic acids is 1. The van der Waals surface area contributed by atoms with Crippen LogP contribution in [0.25, 0.3) is 0 Å². The van der Waals surface area contributed by atoms with Gasteiger partial charge in [-0.3, -0.25) is 0 Å². The largest absolute Gasteiger partial charge is 0.477 e. The Morgan fingerprint density at radius 2 is 0.893 bits per heavy atom. The summed E-state index contributed by atoms with van der Waals surface area (Å²) in [5, 5.41) is 214. The van der Waals surface area contributed by atoms with Gasteiger partial charge < -0.3 is 169 Å². The Bertz CT molecular complexity index is 2040. The molecule has 35 heteroatoms. The molecule has 7 rings (SSSR count). The minimum atomic E-state index is -2.87. The molecular formula is C49H85NO34. The predicted octanol–water partition coefficient (Wildman–Crippen LogP) is -12.2. The van der Waals surface area contributed by atoms with E-state index < -0.39 is 278 Å². The number of carbonyl (C=O) groups is 1. The van der Waals surface area contributed by atoms with Crippen LogP contribution in [0.5, 0.6) is 0 Å². The summed E-state index contributed by atoms with van der Waals surface area (Å²) in [6, 6.07) is -1.51. The number of aliphatic hydroxyl groups excluding tert-OH is 19. The number of ether oxygens (including phenoxy) is 13. The fourth-order valence-electron chi connectivity index (χ4n) is 11.2. The molecule has 22 N–H and O–H groups in total. The molecule has 0 amide bonds. The molecule has 0 aromatic heterocycles. The van der Waals surface area contributed by atoms with E-state index in [0.717, 1.165) is 0 Å². The number of carboxylic acids is 1. The quantitative estimate of drug-likeness (QED) is 0.0479. The van der Waals surface area contributed by atoms with Crippen molar-refractivity contribution >= 4 is 5.97 Å². The first-order valence-corrected chi connectivity index (χ1v) is 27.6. The van der Waals surface area contributed by atoms with E-state index in [1.54, 1.807) is 13.8 Å². The third kappa shape index (κ3) is 14.3. The van der Waals surface area contributed by atoms with Crippen molar-refractivity contribution in [2.24, 2.45) is 23.5 Å². The zero-order valence-electron chi connectivity index (χ0n) is 46.1. The number of rotatable bonds is 22. The molecule has 36 atom stereocenters. The molecule has 7 saturated heterocycles. The third-order valence-electron chi connectivity index (χ3n) is 17.0. The maximum absolute atomic E-state index is 12.6. The molecule has 0 saturated carbocycles. The molecule has 0 radical (unpaired) electrons. The highest BCUT2D eigenvalue weighted by atomic mass is 16.8. The van der Waals surface area contributed by atoms with Crippen LogP contribution in [-0.4, -0.2) is 356 Å². The van der Waals surface area contributed by atoms with Gasteiger partial charge in [-0.05, 0) is 6.92 Å². The Kier molecular flexibility index (Phi) is 24.4. The molecule has 7 fully saturated rings. The smallest absolute Gasteiger partial charge is 0.364 e. The Morgan fingerprint density at radius 1 is 0.488 bits per heavy atom. The molecule has 7 aliphatic heterocycles. The van der Waals surface area contributed by atoms with Gasteiger partial charge in [-0.1, -0.05) is 20.8 Å². The average molecular weight is 1230 g/mol. The highest BCUT2D eigenvalue weighted by molar-refractivity contribution is 5.76. The number of hydrogen-bond acceptors (Lipinski definition) is 34. The minimum Gasteiger partial charge on any atom is -0.477 e. The van der Waals surface area contributed by atoms with Crippen LogP contribution < -0.4 is 5.73 Å². The highest BCUT2D eigenvalue weighted by Crippen LogP contribution is 2.40. The molecule has 7 aliphatic rings. The standard InChI is InChI=1S/C49H85NO34/c1-13-16(4)74-20(8-53)38(26(13)58)80-43-14(2)27(59)39(21(9-54)76-43)81-45-36(68)33(65)31(63)23(78-45)11-72-47-42(35(67)30(62)19(7-52)75-47)83-44-15(3)28(60)40(22(10-55)77-44)82-46-37(69)34(66)32(64)24(79-46)12-73-49(48(70)71)5-17(56)25(50)41(84-49)29(61)18(57)6-51/h13-47,51-69H,5-12,50H2,1-4H3,(H,70,71)/t13-,14+,15?,16+,17-,18-,19?,20?,21?,22+,23?,24?,25-,26?,27?,28?,29-,30-,31-,32+,33?,34?,35?,36?,37+,38-,39-,40-,41?,42-,43+,44+,45+,46+,47+,49-/m1/s1. The second-order valence-electron chi connectivity index (χ2n) is 22.6. The van der Waals surface area contributed by atoms with Crippen molar-refractivity contribution in [1.29, 1.82) is 0 Å². The lowest BCUT2D eigenvalue weighted by Crippen LogP contribution is -2.67. The van der Waals surface area contributed by atoms with Gasteiger partial charge >= 0.3 is 5.97 Å². The molecule has 14 unspecified atom stereocenters. The minimum absolute atomic E-state index is 0.438. The van der Waals surface area contributed by atoms with E-state index in [0.29, 0.717) is 0 Å². The van der Waals surface area contributed by atoms with Gasteiger partial charge in [0, 0.05) is 24.2 Å². The maximum atomic E-state index is 12.6. The summed E-state index contributed by atoms with van der Waals surface area (Å²) in [5.74, 6) is -7.48. The van der Waals surface area contributed by atoms with Gasteiger partial charge in [-0.15, -0.1) is 0 Å². The second-order valence-corrected chi connectivity index (χ2v) is 22.6. The molecule has 84 heavy (non-hydrogen) atoms. The van der Waals surface area contributed by atoms with Crippen molar-refractivity contribution in [3.05, 3.63) is 0 Å². The SMILES string of the molecule is CC1C(O)[C@H](O[C@@H]2OC(CO[C@]3(C(=O)O)C[C@@H](O)[C@@H](N)C([C@H](O)[C@H](O)CO)O3)[C@H](O)C(O)[C@@H]2O)[C@H](CO)O[C@H]1O[C@@H]1C(O)[C@H](O)C(CO)O[C@@H]1OCC1O[C@@H](O[C@@H]2C(CO)O[C@@H](O[C@@H]3C(CO)O[C@@H](C)[C@@H](C)C3O)[C@@H](C)C2O)C(O)C(O)[C@@H]1O. The Balaban J connectivity index is 1.00. The summed E-state index contributed by atoms with van der Waals surface area (Å²) in [6.45, 7) is 0.105. The van der Waals surface area contributed by atoms with E-state index in [4.69, 9.17) is 67.3 Å². The molecule has 0 aliphatic carbocycles. The van der Waals surface area contributed by atoms with Gasteiger partial charge in [0.15, 0.2) is 31.5 Å². The molecule has 0 spiro atoms. The summed E-state index contributed by atoms with van der Waals surface area (Å²) in [4.78, 5) is 12.6. The fourth-order valence-corrected chi connectivity index (χ4v) is 11.2. The van der Waals surface area contributed by atoms with Crippen LogP contribution in [0, 0.1) is 17.8 Å². The van der Waals surface area contributed by atoms with E-state index in [1.165, 1.54) is 13.8 Å². The molecule has 0 bridgehead atoms. The monoisotopic (exact) mass is 1230 g/mol. The lowest BCUT2D eigenvalue weighted by Gasteiger charge is -2.49. The van der Waals surface area contributed by atoms with Crippen LogP contribution in [0.1, 0.15) is 34.1 Å². The van der Waals surface area contributed by atoms with E-state index in [9.17, 15) is 107 Å². The van der Waals surface area contributed by atoms with Crippen LogP contribution in [-0.2, 0) is 66.4 Å². The predicted molar refractivity (Wildman–Crippen MR) is 264 cm³/mol. The number of hydrogen-bond donors (Lipinski definition) is 21. The zero-order valence-corrected chi connectivity index (χ0v) is 46.1. The third-order valence-corrected chi connectivity index (χ3v) is 17.0. The van der Waals surface area contributed by atoms with Crippen molar-refractivity contribution in [1.82, 2.24) is 0 Å². The Morgan fingerprint density at radius 3 is 1.36 bits per heavy atom. The number of aliphatic hydroxyl groups is 19. The normalized spacial score (nSPS) is 51.3. The van der Waals surface area contributed by atoms with E-state index in [2.05, 4.69) is 0 Å². The van der Waals surface area contributed by atoms with Crippen molar-refractivity contribution in [2.45, 2.75) is 236 Å². The summed E-state index contributed by atoms with van der Waals surface area (Å²) >= 11 is 0. The van der Waals surface area contributed by atoms with E-state index in [1.807, 2.05) is 0 Å². The molecule has 35 nitrogen and oxygen atoms in total. The fraction of sp³-hybridized carbons (Fsp3) is 0.980. The van der Waals surface area contributed by atoms with Crippen LogP contribution in [0.3, 0.4) is 0 Å². The van der Waals surface area contributed by atoms with Gasteiger partial charge in [0.05, 0.1) is 82.8 Å². The summed E-state index contributed by atoms with van der Waals surface area (Å²) in [7, 11) is 0. The topological polar surface area (TPSA) is 568 Å². The first-order chi connectivity index (χ1) is 39.6. The summed E-state index contributed by atoms with van der Waals surface area (Å²) in [6.07, 6.45) is -53.8. The molecule has 0 aromatic carbocycles. The number of carboxylic acid groups (broad SMARTS) is 1. The van der Waals surface area contributed by atoms with Gasteiger partial charge in [0.2, 0.25) is 0 Å². The van der Waals surface area contributed by atoms with Gasteiger partial charge in [0.25, 0.3) is 5.79 Å². The van der Waals surface area contributed by atoms with Crippen molar-refractivity contribution in [3.8, 4) is 0 Å². The maximum Gasteiger partial charge on any atom is 0.364 e. The van der Waals surface area contributed by atoms with Crippen molar-refractivity contribution in [3.63, 3.8) is 0 Å². The van der Waals surface area contributed by atoms with E-state index in [-0.39, 0.29) is 0 Å². The van der Waals surface area contributed by atoms with E-state index >= 15 is 0 Å². The number of nitrogens with two attached hydrogens (primary N) is 1. The summed E-state index contributed by atoms with van der Waals surface area (Å²) < 4.78 is 75.8. The highest BCUT2D eigenvalue weighted by Gasteiger charge is 2.59. The average Bonchev–Trinajstić information content (AvgIpc) is 3.01. The Labute approximate surface area is 479 Å². The lowest BCUT2D eigenvalue weighted by molar-refractivity contribution is -0.385. The summed E-state index contributed by atoms with van der Waals surface area (Å²) in [5.41, 5.74) is 5.91. The van der Waals surface area contributed by atoms with Crippen molar-refractivity contribution < 1.29 is 169 Å². The van der Waals surface area contributed by atoms with Crippen molar-refractivity contribution in [2.75, 3.05) is 46.2 Å². The van der Waals surface area contributed by atoms with Crippen LogP contribution in [0.4, 0.5) is 0 Å². The molecule has 490 valence electrons. The Hall–Kier alpha value is -1.85. The van der Waals surface area contributed by atoms with Gasteiger partial charge in [-0.2, -0.15) is 0 Å². The van der Waals surface area contributed by atoms with Gasteiger partial charge in [0.1, 0.15) is 128 Å². The van der Waals surface area contributed by atoms with Crippen LogP contribution in [0.15, 0.2) is 0 Å². The first-order valence-electron chi connectivity index (χ1n) is 27.6. The first kappa shape index (κ1) is 69.6. The van der Waals surface area contributed by atoms with Gasteiger partial charge in [-0.25, -0.2) is 4.79 Å². The molecule has 7 heterocycles. The zero-order chi connectivity index (χ0) is 62.1.